The molecule has 1 fully saturated rings. The second-order valence-electron chi connectivity index (χ2n) is 10.3. The molecule has 136 valence electrons. The van der Waals surface area contributed by atoms with Crippen molar-refractivity contribution in [2.45, 2.75) is 71.6 Å². The number of fused-ring (bicyclic) bond motifs is 1. The van der Waals surface area contributed by atoms with Gasteiger partial charge >= 0.3 is 0 Å². The highest BCUT2D eigenvalue weighted by Crippen LogP contribution is 2.45. The Hall–Kier alpha value is -1.82. The number of rotatable bonds is 2. The van der Waals surface area contributed by atoms with Gasteiger partial charge in [0.15, 0.2) is 0 Å². The van der Waals surface area contributed by atoms with E-state index in [9.17, 15) is 0 Å². The summed E-state index contributed by atoms with van der Waals surface area (Å²) in [5, 5.41) is 0. The molecule has 0 bridgehead atoms. The predicted octanol–water partition coefficient (Wildman–Crippen LogP) is 7.30. The van der Waals surface area contributed by atoms with Crippen LogP contribution in [0.5, 0.6) is 0 Å². The molecule has 26 heavy (non-hydrogen) atoms. The zero-order valence-corrected chi connectivity index (χ0v) is 17.2. The highest BCUT2D eigenvalue weighted by atomic mass is 14.3. The molecule has 0 saturated heterocycles. The number of hydrogen-bond donors (Lipinski definition) is 0. The Labute approximate surface area is 159 Å². The Kier molecular flexibility index (Phi) is 3.95. The van der Waals surface area contributed by atoms with Gasteiger partial charge in [-0.1, -0.05) is 89.6 Å². The first-order chi connectivity index (χ1) is 12.1. The average molecular weight is 345 g/mol. The van der Waals surface area contributed by atoms with Crippen molar-refractivity contribution in [1.29, 1.82) is 0 Å². The van der Waals surface area contributed by atoms with E-state index >= 15 is 0 Å². The predicted molar refractivity (Wildman–Crippen MR) is 114 cm³/mol. The van der Waals surface area contributed by atoms with Crippen LogP contribution in [0.1, 0.15) is 76.6 Å². The first-order valence-corrected chi connectivity index (χ1v) is 10.1. The lowest BCUT2D eigenvalue weighted by atomic mass is 9.78. The number of benzene rings is 2. The smallest absolute Gasteiger partial charge is 0.00489 e. The van der Waals surface area contributed by atoms with Crippen molar-refractivity contribution < 1.29 is 0 Å². The van der Waals surface area contributed by atoms with Crippen molar-refractivity contribution in [3.63, 3.8) is 0 Å². The molecule has 2 aliphatic carbocycles. The van der Waals surface area contributed by atoms with Gasteiger partial charge in [0, 0.05) is 0 Å². The monoisotopic (exact) mass is 344 g/mol. The van der Waals surface area contributed by atoms with E-state index in [1.54, 1.807) is 11.1 Å². The fraction of sp³-hybridized carbons (Fsp3) is 0.462. The summed E-state index contributed by atoms with van der Waals surface area (Å²) >= 11 is 0. The standard InChI is InChI=1S/C26H32/c1-25(2,3)21-13-20(14-22(16-21)26(4,5)6)23-9-7-8-18-12-19(15-24(18)23)17-10-11-17/h7-9,12-14,16-17H,10-11,15H2,1-6H3. The first kappa shape index (κ1) is 17.6. The van der Waals surface area contributed by atoms with Gasteiger partial charge < -0.3 is 0 Å². The molecular formula is C26H32. The molecule has 2 aromatic carbocycles. The van der Waals surface area contributed by atoms with E-state index in [0.717, 1.165) is 12.3 Å². The molecule has 2 aliphatic rings. The minimum Gasteiger partial charge on any atom is -0.0621 e. The zero-order chi connectivity index (χ0) is 18.7. The number of hydrogen-bond acceptors (Lipinski definition) is 0. The van der Waals surface area contributed by atoms with Crippen LogP contribution in [-0.4, -0.2) is 0 Å². The molecule has 0 spiro atoms. The summed E-state index contributed by atoms with van der Waals surface area (Å²) < 4.78 is 0. The van der Waals surface area contributed by atoms with Gasteiger partial charge in [-0.2, -0.15) is 0 Å². The minimum atomic E-state index is 0.158. The topological polar surface area (TPSA) is 0 Å². The summed E-state index contributed by atoms with van der Waals surface area (Å²) in [5.41, 5.74) is 10.7. The van der Waals surface area contributed by atoms with Gasteiger partial charge in [-0.3, -0.25) is 0 Å². The SMILES string of the molecule is CC(C)(C)c1cc(-c2cccc3c2CC(C2CC2)=C3)cc(C(C)(C)C)c1. The molecular weight excluding hydrogens is 312 g/mol. The fourth-order valence-electron chi connectivity index (χ4n) is 4.03. The van der Waals surface area contributed by atoms with E-state index < -0.39 is 0 Å². The van der Waals surface area contributed by atoms with Crippen LogP contribution >= 0.6 is 0 Å². The van der Waals surface area contributed by atoms with Gasteiger partial charge in [-0.15, -0.1) is 0 Å². The molecule has 0 heteroatoms. The summed E-state index contributed by atoms with van der Waals surface area (Å²) in [7, 11) is 0. The third kappa shape index (κ3) is 3.27. The van der Waals surface area contributed by atoms with Crippen LogP contribution in [0.25, 0.3) is 17.2 Å². The molecule has 1 saturated carbocycles. The highest BCUT2D eigenvalue weighted by Gasteiger charge is 2.30. The summed E-state index contributed by atoms with van der Waals surface area (Å²) in [4.78, 5) is 0. The van der Waals surface area contributed by atoms with Crippen LogP contribution in [-0.2, 0) is 17.3 Å². The van der Waals surface area contributed by atoms with Crippen LogP contribution in [0.4, 0.5) is 0 Å². The van der Waals surface area contributed by atoms with Crippen LogP contribution in [0.15, 0.2) is 42.0 Å². The Balaban J connectivity index is 1.84. The van der Waals surface area contributed by atoms with Crippen molar-refractivity contribution in [2.75, 3.05) is 0 Å². The van der Waals surface area contributed by atoms with Gasteiger partial charge in [-0.05, 0) is 69.4 Å². The van der Waals surface area contributed by atoms with E-state index in [4.69, 9.17) is 0 Å². The van der Waals surface area contributed by atoms with Gasteiger partial charge in [0.1, 0.15) is 0 Å². The van der Waals surface area contributed by atoms with E-state index in [1.807, 2.05) is 0 Å². The van der Waals surface area contributed by atoms with Gasteiger partial charge in [0.2, 0.25) is 0 Å². The van der Waals surface area contributed by atoms with Crippen LogP contribution < -0.4 is 0 Å². The molecule has 0 aliphatic heterocycles. The summed E-state index contributed by atoms with van der Waals surface area (Å²) in [5.74, 6) is 0.862. The van der Waals surface area contributed by atoms with Crippen molar-refractivity contribution in [1.82, 2.24) is 0 Å². The molecule has 0 N–H and O–H groups in total. The zero-order valence-electron chi connectivity index (χ0n) is 17.2. The minimum absolute atomic E-state index is 0.158. The van der Waals surface area contributed by atoms with Crippen molar-refractivity contribution in [3.05, 3.63) is 64.2 Å². The molecule has 0 heterocycles. The van der Waals surface area contributed by atoms with Gasteiger partial charge in [-0.25, -0.2) is 0 Å². The largest absolute Gasteiger partial charge is 0.0621 e. The van der Waals surface area contributed by atoms with Gasteiger partial charge in [0.25, 0.3) is 0 Å². The van der Waals surface area contributed by atoms with E-state index in [2.05, 4.69) is 84.0 Å². The van der Waals surface area contributed by atoms with Crippen LogP contribution in [0, 0.1) is 5.92 Å². The maximum atomic E-state index is 2.47. The van der Waals surface area contributed by atoms with Crippen molar-refractivity contribution >= 4 is 6.08 Å². The van der Waals surface area contributed by atoms with Gasteiger partial charge in [0.05, 0.1) is 0 Å². The summed E-state index contributed by atoms with van der Waals surface area (Å²) in [6, 6.07) is 14.1. The molecule has 0 amide bonds. The van der Waals surface area contributed by atoms with E-state index in [0.29, 0.717) is 0 Å². The maximum Gasteiger partial charge on any atom is -0.00489 e. The molecule has 0 radical (unpaired) electrons. The lowest BCUT2D eigenvalue weighted by Crippen LogP contribution is -2.16. The summed E-state index contributed by atoms with van der Waals surface area (Å²) in [6.45, 7) is 13.9. The molecule has 2 aromatic rings. The Morgan fingerprint density at radius 1 is 0.808 bits per heavy atom. The third-order valence-corrected chi connectivity index (χ3v) is 6.01. The Morgan fingerprint density at radius 2 is 1.42 bits per heavy atom. The van der Waals surface area contributed by atoms with Crippen LogP contribution in [0.2, 0.25) is 0 Å². The molecule has 0 unspecified atom stereocenters. The molecule has 0 aromatic heterocycles. The van der Waals surface area contributed by atoms with E-state index in [1.165, 1.54) is 40.7 Å². The Bertz CT molecular complexity index is 845. The molecule has 0 atom stereocenters. The lowest BCUT2D eigenvalue weighted by molar-refractivity contribution is 0.569. The second-order valence-corrected chi connectivity index (χ2v) is 10.3. The fourth-order valence-corrected chi connectivity index (χ4v) is 4.03. The second kappa shape index (κ2) is 5.84. The van der Waals surface area contributed by atoms with E-state index in [-0.39, 0.29) is 10.8 Å². The Morgan fingerprint density at radius 3 is 1.96 bits per heavy atom. The first-order valence-electron chi connectivity index (χ1n) is 10.1. The van der Waals surface area contributed by atoms with Crippen molar-refractivity contribution in [2.24, 2.45) is 5.92 Å². The van der Waals surface area contributed by atoms with Crippen molar-refractivity contribution in [3.8, 4) is 11.1 Å². The highest BCUT2D eigenvalue weighted by molar-refractivity contribution is 5.78. The molecule has 4 rings (SSSR count). The lowest BCUT2D eigenvalue weighted by Gasteiger charge is -2.26. The third-order valence-electron chi connectivity index (χ3n) is 6.01. The van der Waals surface area contributed by atoms with Crippen LogP contribution in [0.3, 0.4) is 0 Å². The summed E-state index contributed by atoms with van der Waals surface area (Å²) in [6.07, 6.45) is 6.40. The molecule has 0 nitrogen and oxygen atoms in total. The maximum absolute atomic E-state index is 2.47. The normalized spacial score (nSPS) is 17.2. The quantitative estimate of drug-likeness (QED) is 0.536. The average Bonchev–Trinajstić information content (AvgIpc) is 3.31. The number of allylic oxidation sites excluding steroid dienone is 1.